The van der Waals surface area contributed by atoms with Gasteiger partial charge in [0, 0.05) is 36.2 Å². The smallest absolute Gasteiger partial charge is 0.0794 e. The summed E-state index contributed by atoms with van der Waals surface area (Å²) >= 11 is 1.72. The highest BCUT2D eigenvalue weighted by Crippen LogP contribution is 2.31. The largest absolute Gasteiger partial charge is 0.290 e. The van der Waals surface area contributed by atoms with Gasteiger partial charge in [0.05, 0.1) is 17.2 Å². The fourth-order valence-corrected chi connectivity index (χ4v) is 2.97. The van der Waals surface area contributed by atoms with Crippen LogP contribution in [0.4, 0.5) is 0 Å². The van der Waals surface area contributed by atoms with Gasteiger partial charge in [-0.15, -0.1) is 11.3 Å². The van der Waals surface area contributed by atoms with Crippen molar-refractivity contribution >= 4 is 11.3 Å². The summed E-state index contributed by atoms with van der Waals surface area (Å²) in [6, 6.07) is 0.422. The standard InChI is InChI=1S/C12H14N4S/c1-2-12(11-7-13-3-4-15-11)16(5-1)8-10-6-14-9-17-10/h3-4,6-7,9,12H,1-2,5,8H2. The van der Waals surface area contributed by atoms with Crippen LogP contribution in [0.1, 0.15) is 29.5 Å². The van der Waals surface area contributed by atoms with Crippen molar-refractivity contribution in [3.05, 3.63) is 40.9 Å². The van der Waals surface area contributed by atoms with Crippen LogP contribution in [0.15, 0.2) is 30.3 Å². The summed E-state index contributed by atoms with van der Waals surface area (Å²) in [5.41, 5.74) is 2.98. The number of hydrogen-bond donors (Lipinski definition) is 0. The Morgan fingerprint density at radius 1 is 1.29 bits per heavy atom. The van der Waals surface area contributed by atoms with Crippen molar-refractivity contribution < 1.29 is 0 Å². The first-order chi connectivity index (χ1) is 8.43. The molecule has 0 aliphatic carbocycles. The maximum absolute atomic E-state index is 4.42. The Morgan fingerprint density at radius 3 is 3.06 bits per heavy atom. The van der Waals surface area contributed by atoms with E-state index in [0.29, 0.717) is 6.04 Å². The van der Waals surface area contributed by atoms with Crippen LogP contribution in [0.25, 0.3) is 0 Å². The maximum atomic E-state index is 4.42. The van der Waals surface area contributed by atoms with Crippen LogP contribution in [0.2, 0.25) is 0 Å². The van der Waals surface area contributed by atoms with Crippen molar-refractivity contribution in [2.45, 2.75) is 25.4 Å². The second-order valence-corrected chi connectivity index (χ2v) is 5.20. The van der Waals surface area contributed by atoms with E-state index in [1.807, 2.05) is 17.9 Å². The molecular formula is C12H14N4S. The Hall–Kier alpha value is -1.33. The zero-order valence-electron chi connectivity index (χ0n) is 9.49. The predicted octanol–water partition coefficient (Wildman–Crippen LogP) is 2.27. The average molecular weight is 246 g/mol. The first-order valence-corrected chi connectivity index (χ1v) is 6.69. The summed E-state index contributed by atoms with van der Waals surface area (Å²) in [4.78, 5) is 16.5. The lowest BCUT2D eigenvalue weighted by atomic mass is 10.1. The zero-order chi connectivity index (χ0) is 11.5. The van der Waals surface area contributed by atoms with E-state index in [1.54, 1.807) is 23.7 Å². The summed E-state index contributed by atoms with van der Waals surface area (Å²) in [5, 5.41) is 0. The molecule has 1 saturated heterocycles. The lowest BCUT2D eigenvalue weighted by Crippen LogP contribution is -2.23. The van der Waals surface area contributed by atoms with Crippen LogP contribution in [0.3, 0.4) is 0 Å². The molecule has 3 rings (SSSR count). The molecule has 0 saturated carbocycles. The van der Waals surface area contributed by atoms with E-state index in [2.05, 4.69) is 19.9 Å². The Balaban J connectivity index is 1.76. The van der Waals surface area contributed by atoms with E-state index in [1.165, 1.54) is 17.7 Å². The number of thiazole rings is 1. The fraction of sp³-hybridized carbons (Fsp3) is 0.417. The molecule has 1 fully saturated rings. The van der Waals surface area contributed by atoms with Crippen molar-refractivity contribution in [3.8, 4) is 0 Å². The molecular weight excluding hydrogens is 232 g/mol. The quantitative estimate of drug-likeness (QED) is 0.833. The number of nitrogens with zero attached hydrogens (tertiary/aromatic N) is 4. The summed E-state index contributed by atoms with van der Waals surface area (Å²) in [7, 11) is 0. The van der Waals surface area contributed by atoms with Crippen LogP contribution in [0.5, 0.6) is 0 Å². The highest BCUT2D eigenvalue weighted by Gasteiger charge is 2.27. The van der Waals surface area contributed by atoms with E-state index < -0.39 is 0 Å². The van der Waals surface area contributed by atoms with Gasteiger partial charge in [0.25, 0.3) is 0 Å². The fourth-order valence-electron chi connectivity index (χ4n) is 2.35. The van der Waals surface area contributed by atoms with E-state index in [-0.39, 0.29) is 0 Å². The van der Waals surface area contributed by atoms with Gasteiger partial charge >= 0.3 is 0 Å². The van der Waals surface area contributed by atoms with Crippen LogP contribution in [-0.2, 0) is 6.54 Å². The zero-order valence-corrected chi connectivity index (χ0v) is 10.3. The Bertz CT molecular complexity index is 457. The van der Waals surface area contributed by atoms with Crippen LogP contribution < -0.4 is 0 Å². The molecule has 2 aromatic rings. The molecule has 0 spiro atoms. The minimum absolute atomic E-state index is 0.422. The second kappa shape index (κ2) is 4.89. The van der Waals surface area contributed by atoms with Gasteiger partial charge in [-0.25, -0.2) is 0 Å². The molecule has 5 heteroatoms. The van der Waals surface area contributed by atoms with Gasteiger partial charge in [-0.1, -0.05) is 0 Å². The molecule has 88 valence electrons. The highest BCUT2D eigenvalue weighted by molar-refractivity contribution is 7.09. The summed E-state index contributed by atoms with van der Waals surface area (Å²) in [5.74, 6) is 0. The molecule has 1 unspecified atom stereocenters. The Kier molecular flexibility index (Phi) is 3.11. The molecule has 1 atom stereocenters. The van der Waals surface area contributed by atoms with E-state index in [0.717, 1.165) is 18.8 Å². The molecule has 4 nitrogen and oxygen atoms in total. The van der Waals surface area contributed by atoms with Crippen LogP contribution in [-0.4, -0.2) is 26.4 Å². The van der Waals surface area contributed by atoms with Gasteiger partial charge in [-0.05, 0) is 19.4 Å². The average Bonchev–Trinajstić information content (AvgIpc) is 3.02. The van der Waals surface area contributed by atoms with Gasteiger partial charge in [0.15, 0.2) is 0 Å². The first-order valence-electron chi connectivity index (χ1n) is 5.81. The Labute approximate surface area is 104 Å². The lowest BCUT2D eigenvalue weighted by Gasteiger charge is -2.22. The summed E-state index contributed by atoms with van der Waals surface area (Å²) in [6.07, 6.45) is 9.76. The Morgan fingerprint density at radius 2 is 2.29 bits per heavy atom. The minimum atomic E-state index is 0.422. The first kappa shape index (κ1) is 10.8. The molecule has 3 heterocycles. The number of rotatable bonds is 3. The number of likely N-dealkylation sites (tertiary alicyclic amines) is 1. The number of aromatic nitrogens is 3. The van der Waals surface area contributed by atoms with Gasteiger partial charge in [-0.3, -0.25) is 19.9 Å². The summed E-state index contributed by atoms with van der Waals surface area (Å²) in [6.45, 7) is 2.12. The van der Waals surface area contributed by atoms with Crippen molar-refractivity contribution in [1.82, 2.24) is 19.9 Å². The van der Waals surface area contributed by atoms with Gasteiger partial charge < -0.3 is 0 Å². The van der Waals surface area contributed by atoms with Gasteiger partial charge in [-0.2, -0.15) is 0 Å². The predicted molar refractivity (Wildman–Crippen MR) is 66.5 cm³/mol. The van der Waals surface area contributed by atoms with Crippen molar-refractivity contribution in [2.24, 2.45) is 0 Å². The third kappa shape index (κ3) is 2.35. The molecule has 2 aromatic heterocycles. The van der Waals surface area contributed by atoms with Crippen molar-refractivity contribution in [1.29, 1.82) is 0 Å². The van der Waals surface area contributed by atoms with Crippen LogP contribution in [0, 0.1) is 0 Å². The lowest BCUT2D eigenvalue weighted by molar-refractivity contribution is 0.246. The van der Waals surface area contributed by atoms with E-state index in [9.17, 15) is 0 Å². The maximum Gasteiger partial charge on any atom is 0.0794 e. The van der Waals surface area contributed by atoms with Crippen molar-refractivity contribution in [2.75, 3.05) is 6.54 Å². The molecule has 0 N–H and O–H groups in total. The molecule has 0 aromatic carbocycles. The molecule has 0 radical (unpaired) electrons. The van der Waals surface area contributed by atoms with E-state index in [4.69, 9.17) is 0 Å². The minimum Gasteiger partial charge on any atom is -0.290 e. The molecule has 1 aliphatic rings. The normalized spacial score (nSPS) is 20.8. The van der Waals surface area contributed by atoms with Crippen molar-refractivity contribution in [3.63, 3.8) is 0 Å². The SMILES string of the molecule is c1cnc(C2CCCN2Cc2cncs2)cn1. The third-order valence-corrected chi connectivity index (χ3v) is 3.89. The van der Waals surface area contributed by atoms with Crippen LogP contribution >= 0.6 is 11.3 Å². The molecule has 1 aliphatic heterocycles. The third-order valence-electron chi connectivity index (χ3n) is 3.13. The topological polar surface area (TPSA) is 41.9 Å². The molecule has 0 bridgehead atoms. The monoisotopic (exact) mass is 246 g/mol. The van der Waals surface area contributed by atoms with E-state index >= 15 is 0 Å². The summed E-state index contributed by atoms with van der Waals surface area (Å²) < 4.78 is 0. The molecule has 0 amide bonds. The van der Waals surface area contributed by atoms with Gasteiger partial charge in [0.1, 0.15) is 0 Å². The highest BCUT2D eigenvalue weighted by atomic mass is 32.1. The second-order valence-electron chi connectivity index (χ2n) is 4.23. The molecule has 17 heavy (non-hydrogen) atoms. The number of hydrogen-bond acceptors (Lipinski definition) is 5. The van der Waals surface area contributed by atoms with Gasteiger partial charge in [0.2, 0.25) is 0 Å².